The van der Waals surface area contributed by atoms with Crippen LogP contribution in [0.25, 0.3) is 0 Å². The van der Waals surface area contributed by atoms with Crippen molar-refractivity contribution in [3.05, 3.63) is 0 Å². The normalized spacial score (nSPS) is 19.0. The van der Waals surface area contributed by atoms with E-state index < -0.39 is 21.3 Å². The van der Waals surface area contributed by atoms with Crippen LogP contribution in [0.5, 0.6) is 0 Å². The van der Waals surface area contributed by atoms with Gasteiger partial charge in [-0.2, -0.15) is 0 Å². The molecule has 11 heteroatoms. The third-order valence-corrected chi connectivity index (χ3v) is 5.83. The molecule has 4 unspecified atom stereocenters. The molecule has 0 fully saturated rings. The maximum atomic E-state index is 12.4. The fourth-order valence-electron chi connectivity index (χ4n) is 1.77. The van der Waals surface area contributed by atoms with Gasteiger partial charge in [-0.15, -0.1) is 0 Å². The standard InChI is InChI=1S/C16H36O9P2/c1-13(2)21-9-15(19-5)10-22-26(7,17)23-11-16(20-6)12-24-27(8,18)25-14(3)4/h13-16H,9-12H2,1-8H3. The smallest absolute Gasteiger partial charge is 0.327 e. The third kappa shape index (κ3) is 14.8. The number of ether oxygens (including phenoxy) is 3. The van der Waals surface area contributed by atoms with Gasteiger partial charge in [0.15, 0.2) is 0 Å². The van der Waals surface area contributed by atoms with E-state index in [4.69, 9.17) is 32.3 Å². The predicted molar refractivity (Wildman–Crippen MR) is 104 cm³/mol. The van der Waals surface area contributed by atoms with Gasteiger partial charge in [0.2, 0.25) is 0 Å². The minimum atomic E-state index is -3.33. The van der Waals surface area contributed by atoms with Crippen LogP contribution >= 0.6 is 15.2 Å². The fraction of sp³-hybridized carbons (Fsp3) is 1.00. The number of hydrogen-bond donors (Lipinski definition) is 0. The molecule has 0 aromatic rings. The van der Waals surface area contributed by atoms with Gasteiger partial charge in [0.25, 0.3) is 0 Å². The quantitative estimate of drug-likeness (QED) is 0.338. The molecule has 164 valence electrons. The zero-order valence-corrected chi connectivity index (χ0v) is 19.5. The summed E-state index contributed by atoms with van der Waals surface area (Å²) >= 11 is 0. The van der Waals surface area contributed by atoms with Crippen LogP contribution in [0.3, 0.4) is 0 Å². The molecule has 0 saturated carbocycles. The van der Waals surface area contributed by atoms with Crippen LogP contribution < -0.4 is 0 Å². The second-order valence-corrected chi connectivity index (χ2v) is 10.8. The minimum Gasteiger partial charge on any atom is -0.377 e. The summed E-state index contributed by atoms with van der Waals surface area (Å²) in [5, 5.41) is 0. The Labute approximate surface area is 163 Å². The van der Waals surface area contributed by atoms with Gasteiger partial charge in [0.1, 0.15) is 12.2 Å². The highest BCUT2D eigenvalue weighted by Crippen LogP contribution is 2.46. The Kier molecular flexibility index (Phi) is 13.5. The van der Waals surface area contributed by atoms with Crippen molar-refractivity contribution in [2.75, 3.05) is 54.0 Å². The van der Waals surface area contributed by atoms with E-state index in [-0.39, 0.29) is 38.1 Å². The Hall–Kier alpha value is 0.180. The average Bonchev–Trinajstić information content (AvgIpc) is 2.53. The lowest BCUT2D eigenvalue weighted by molar-refractivity contribution is -0.0370. The van der Waals surface area contributed by atoms with Crippen LogP contribution in [0, 0.1) is 0 Å². The molecule has 0 rings (SSSR count). The summed E-state index contributed by atoms with van der Waals surface area (Å²) < 4.78 is 61.7. The van der Waals surface area contributed by atoms with Crippen molar-refractivity contribution in [2.24, 2.45) is 0 Å². The van der Waals surface area contributed by atoms with E-state index in [1.54, 1.807) is 13.8 Å². The maximum Gasteiger partial charge on any atom is 0.327 e. The van der Waals surface area contributed by atoms with Crippen molar-refractivity contribution in [1.29, 1.82) is 0 Å². The first-order chi connectivity index (χ1) is 12.4. The second-order valence-electron chi connectivity index (χ2n) is 6.68. The molecule has 0 aromatic heterocycles. The Balaban J connectivity index is 4.37. The molecule has 0 heterocycles. The highest BCUT2D eigenvalue weighted by atomic mass is 31.2. The first kappa shape index (κ1) is 27.2. The van der Waals surface area contributed by atoms with Gasteiger partial charge in [-0.1, -0.05) is 0 Å². The summed E-state index contributed by atoms with van der Waals surface area (Å²) in [6, 6.07) is 0. The van der Waals surface area contributed by atoms with Crippen molar-refractivity contribution in [1.82, 2.24) is 0 Å². The van der Waals surface area contributed by atoms with Gasteiger partial charge in [0.05, 0.1) is 38.6 Å². The van der Waals surface area contributed by atoms with Crippen molar-refractivity contribution >= 4 is 15.2 Å². The van der Waals surface area contributed by atoms with Crippen molar-refractivity contribution in [3.63, 3.8) is 0 Å². The zero-order chi connectivity index (χ0) is 21.1. The van der Waals surface area contributed by atoms with Crippen LogP contribution in [-0.4, -0.2) is 78.4 Å². The summed E-state index contributed by atoms with van der Waals surface area (Å²) in [6.07, 6.45) is -1.10. The topological polar surface area (TPSA) is 98.8 Å². The van der Waals surface area contributed by atoms with Crippen molar-refractivity contribution in [2.45, 2.75) is 52.1 Å². The third-order valence-electron chi connectivity index (χ3n) is 3.17. The first-order valence-corrected chi connectivity index (χ1v) is 12.8. The summed E-state index contributed by atoms with van der Waals surface area (Å²) in [7, 11) is -3.55. The summed E-state index contributed by atoms with van der Waals surface area (Å²) in [4.78, 5) is 0. The van der Waals surface area contributed by atoms with Crippen LogP contribution in [0.1, 0.15) is 27.7 Å². The van der Waals surface area contributed by atoms with Crippen molar-refractivity contribution in [3.8, 4) is 0 Å². The Morgan fingerprint density at radius 3 is 1.44 bits per heavy atom. The Morgan fingerprint density at radius 1 is 0.667 bits per heavy atom. The van der Waals surface area contributed by atoms with Gasteiger partial charge in [-0.3, -0.25) is 9.13 Å². The van der Waals surface area contributed by atoms with Gasteiger partial charge in [-0.05, 0) is 27.7 Å². The molecule has 0 N–H and O–H groups in total. The molecular formula is C16H36O9P2. The molecule has 0 aliphatic carbocycles. The molecule has 0 aliphatic rings. The monoisotopic (exact) mass is 434 g/mol. The number of rotatable bonds is 16. The average molecular weight is 434 g/mol. The number of methoxy groups -OCH3 is 2. The van der Waals surface area contributed by atoms with E-state index >= 15 is 0 Å². The largest absolute Gasteiger partial charge is 0.377 e. The fourth-order valence-corrected chi connectivity index (χ4v) is 3.99. The van der Waals surface area contributed by atoms with Crippen LogP contribution in [0.4, 0.5) is 0 Å². The molecule has 27 heavy (non-hydrogen) atoms. The molecule has 0 aromatic carbocycles. The van der Waals surface area contributed by atoms with Crippen LogP contribution in [0.2, 0.25) is 0 Å². The molecular weight excluding hydrogens is 398 g/mol. The van der Waals surface area contributed by atoms with Crippen molar-refractivity contribution < 1.29 is 41.4 Å². The molecule has 4 atom stereocenters. The minimum absolute atomic E-state index is 0.0279. The second kappa shape index (κ2) is 13.4. The van der Waals surface area contributed by atoms with Gasteiger partial charge < -0.3 is 32.3 Å². The van der Waals surface area contributed by atoms with E-state index in [1.165, 1.54) is 27.5 Å². The van der Waals surface area contributed by atoms with Gasteiger partial charge in [0, 0.05) is 27.5 Å². The molecule has 0 amide bonds. The van der Waals surface area contributed by atoms with Crippen LogP contribution in [-0.2, 0) is 41.4 Å². The lowest BCUT2D eigenvalue weighted by Gasteiger charge is -2.23. The van der Waals surface area contributed by atoms with E-state index in [0.29, 0.717) is 6.61 Å². The lowest BCUT2D eigenvalue weighted by atomic mass is 10.4. The van der Waals surface area contributed by atoms with E-state index in [1.807, 2.05) is 13.8 Å². The van der Waals surface area contributed by atoms with E-state index in [0.717, 1.165) is 0 Å². The van der Waals surface area contributed by atoms with E-state index in [9.17, 15) is 9.13 Å². The van der Waals surface area contributed by atoms with Gasteiger partial charge >= 0.3 is 15.2 Å². The predicted octanol–water partition coefficient (Wildman–Crippen LogP) is 3.56. The zero-order valence-electron chi connectivity index (χ0n) is 17.7. The lowest BCUT2D eigenvalue weighted by Crippen LogP contribution is -2.26. The van der Waals surface area contributed by atoms with E-state index in [2.05, 4.69) is 0 Å². The molecule has 0 bridgehead atoms. The summed E-state index contributed by atoms with van der Waals surface area (Å²) in [5.74, 6) is 0. The Morgan fingerprint density at radius 2 is 1.07 bits per heavy atom. The summed E-state index contributed by atoms with van der Waals surface area (Å²) in [5.41, 5.74) is 0. The van der Waals surface area contributed by atoms with Crippen LogP contribution in [0.15, 0.2) is 0 Å². The highest BCUT2D eigenvalue weighted by molar-refractivity contribution is 7.53. The molecule has 0 radical (unpaired) electrons. The highest BCUT2D eigenvalue weighted by Gasteiger charge is 2.25. The Bertz CT molecular complexity index is 485. The van der Waals surface area contributed by atoms with Gasteiger partial charge in [-0.25, -0.2) is 0 Å². The molecule has 0 aliphatic heterocycles. The molecule has 0 spiro atoms. The first-order valence-electron chi connectivity index (χ1n) is 8.85. The maximum absolute atomic E-state index is 12.4. The molecule has 0 saturated heterocycles. The summed E-state index contributed by atoms with van der Waals surface area (Å²) in [6.45, 7) is 10.4. The number of hydrogen-bond acceptors (Lipinski definition) is 9. The molecule has 9 nitrogen and oxygen atoms in total. The SMILES string of the molecule is COC(COC(C)C)COP(C)(=O)OCC(COP(C)(=O)OC(C)C)OC.